The average Bonchev–Trinajstić information content (AvgIpc) is 3.41. The topological polar surface area (TPSA) is 103 Å². The molecule has 1 aromatic carbocycles. The van der Waals surface area contributed by atoms with Crippen LogP contribution in [-0.4, -0.2) is 27.0 Å². The Kier molecular flexibility index (Phi) is 4.32. The Morgan fingerprint density at radius 1 is 1.21 bits per heavy atom. The standard InChI is InChI=1S/C19H16N4O4S2/c1-8-9(2)28-18-14(8)16(24)20-15(21-18)10(3)29-19-23-22-17(27-19)11-4-5-12-13(6-11)26-7-25-12/h4-6,10H,7H2,1-3H3,(H,20,21,24). The number of aromatic amines is 1. The van der Waals surface area contributed by atoms with Crippen LogP contribution in [0.25, 0.3) is 21.7 Å². The minimum absolute atomic E-state index is 0.120. The van der Waals surface area contributed by atoms with Crippen LogP contribution in [0.2, 0.25) is 0 Å². The monoisotopic (exact) mass is 428 g/mol. The first-order valence-electron chi connectivity index (χ1n) is 8.89. The van der Waals surface area contributed by atoms with Crippen LogP contribution in [0.5, 0.6) is 11.5 Å². The Morgan fingerprint density at radius 2 is 2.03 bits per heavy atom. The fourth-order valence-electron chi connectivity index (χ4n) is 3.07. The largest absolute Gasteiger partial charge is 0.454 e. The minimum Gasteiger partial charge on any atom is -0.454 e. The smallest absolute Gasteiger partial charge is 0.277 e. The maximum Gasteiger partial charge on any atom is 0.277 e. The molecule has 0 aliphatic carbocycles. The Labute approximate surface area is 173 Å². The lowest BCUT2D eigenvalue weighted by molar-refractivity contribution is 0.174. The van der Waals surface area contributed by atoms with Crippen LogP contribution in [0.15, 0.2) is 32.6 Å². The summed E-state index contributed by atoms with van der Waals surface area (Å²) in [5, 5.41) is 9.12. The molecule has 1 unspecified atom stereocenters. The lowest BCUT2D eigenvalue weighted by Gasteiger charge is -2.07. The van der Waals surface area contributed by atoms with Crippen LogP contribution in [0.3, 0.4) is 0 Å². The lowest BCUT2D eigenvalue weighted by Crippen LogP contribution is -2.12. The van der Waals surface area contributed by atoms with Gasteiger partial charge in [0.15, 0.2) is 11.5 Å². The number of hydrogen-bond acceptors (Lipinski definition) is 9. The SMILES string of the molecule is Cc1sc2nc(C(C)Sc3nnc(-c4ccc5c(c4)OCO5)o3)[nH]c(=O)c2c1C. The molecule has 0 saturated carbocycles. The highest BCUT2D eigenvalue weighted by molar-refractivity contribution is 7.99. The maximum atomic E-state index is 12.5. The average molecular weight is 428 g/mol. The van der Waals surface area contributed by atoms with Gasteiger partial charge < -0.3 is 18.9 Å². The number of nitrogens with one attached hydrogen (secondary N) is 1. The van der Waals surface area contributed by atoms with Crippen LogP contribution in [0.4, 0.5) is 0 Å². The Bertz CT molecular complexity index is 1290. The summed E-state index contributed by atoms with van der Waals surface area (Å²) < 4.78 is 16.5. The van der Waals surface area contributed by atoms with E-state index in [4.69, 9.17) is 13.9 Å². The summed E-state index contributed by atoms with van der Waals surface area (Å²) >= 11 is 2.87. The summed E-state index contributed by atoms with van der Waals surface area (Å²) in [5.41, 5.74) is 1.61. The van der Waals surface area contributed by atoms with Gasteiger partial charge >= 0.3 is 0 Å². The number of thiophene rings is 1. The highest BCUT2D eigenvalue weighted by Crippen LogP contribution is 2.38. The normalized spacial score (nSPS) is 13.9. The first kappa shape index (κ1) is 18.2. The molecule has 4 aromatic rings. The number of ether oxygens (including phenoxy) is 2. The van der Waals surface area contributed by atoms with Gasteiger partial charge in [0, 0.05) is 10.4 Å². The minimum atomic E-state index is -0.167. The molecule has 4 heterocycles. The van der Waals surface area contributed by atoms with Gasteiger partial charge in [0.1, 0.15) is 10.7 Å². The van der Waals surface area contributed by atoms with Crippen molar-refractivity contribution in [2.75, 3.05) is 6.79 Å². The van der Waals surface area contributed by atoms with Crippen molar-refractivity contribution < 1.29 is 13.9 Å². The van der Waals surface area contributed by atoms with Crippen molar-refractivity contribution in [3.63, 3.8) is 0 Å². The molecule has 1 aliphatic heterocycles. The molecule has 0 amide bonds. The molecule has 0 bridgehead atoms. The third-order valence-corrected chi connectivity index (χ3v) is 6.79. The number of aryl methyl sites for hydroxylation is 2. The summed E-state index contributed by atoms with van der Waals surface area (Å²) in [5.74, 6) is 2.32. The van der Waals surface area contributed by atoms with Crippen molar-refractivity contribution in [1.29, 1.82) is 0 Å². The van der Waals surface area contributed by atoms with E-state index in [0.29, 0.717) is 33.8 Å². The number of H-pyrrole nitrogens is 1. The summed E-state index contributed by atoms with van der Waals surface area (Å²) in [7, 11) is 0. The van der Waals surface area contributed by atoms with Gasteiger partial charge in [-0.05, 0) is 44.5 Å². The zero-order valence-corrected chi connectivity index (χ0v) is 17.4. The second-order valence-electron chi connectivity index (χ2n) is 6.62. The van der Waals surface area contributed by atoms with E-state index >= 15 is 0 Å². The highest BCUT2D eigenvalue weighted by atomic mass is 32.2. The van der Waals surface area contributed by atoms with Crippen LogP contribution in [0.1, 0.15) is 28.4 Å². The first-order chi connectivity index (χ1) is 14.0. The fraction of sp³-hybridized carbons (Fsp3) is 0.263. The zero-order valence-electron chi connectivity index (χ0n) is 15.8. The number of fused-ring (bicyclic) bond motifs is 2. The molecule has 148 valence electrons. The summed E-state index contributed by atoms with van der Waals surface area (Å²) in [4.78, 5) is 21.9. The van der Waals surface area contributed by atoms with E-state index in [1.165, 1.54) is 23.1 Å². The second-order valence-corrected chi connectivity index (χ2v) is 9.11. The molecule has 3 aromatic heterocycles. The van der Waals surface area contributed by atoms with Gasteiger partial charge in [0.2, 0.25) is 12.7 Å². The third kappa shape index (κ3) is 3.18. The van der Waals surface area contributed by atoms with Crippen LogP contribution in [-0.2, 0) is 0 Å². The van der Waals surface area contributed by atoms with E-state index < -0.39 is 0 Å². The Balaban J connectivity index is 1.40. The quantitative estimate of drug-likeness (QED) is 0.482. The van der Waals surface area contributed by atoms with Gasteiger partial charge in [-0.2, -0.15) is 0 Å². The van der Waals surface area contributed by atoms with Crippen molar-refractivity contribution in [3.8, 4) is 23.0 Å². The molecule has 1 atom stereocenters. The second kappa shape index (κ2) is 6.89. The number of nitrogens with zero attached hydrogens (tertiary/aromatic N) is 3. The summed E-state index contributed by atoms with van der Waals surface area (Å²) in [6.45, 7) is 6.08. The number of aromatic nitrogens is 4. The molecule has 10 heteroatoms. The van der Waals surface area contributed by atoms with Crippen molar-refractivity contribution in [1.82, 2.24) is 20.2 Å². The fourth-order valence-corrected chi connectivity index (χ4v) is 4.85. The van der Waals surface area contributed by atoms with Crippen molar-refractivity contribution in [2.24, 2.45) is 0 Å². The lowest BCUT2D eigenvalue weighted by atomic mass is 10.2. The highest BCUT2D eigenvalue weighted by Gasteiger charge is 2.20. The Hall–Kier alpha value is -2.85. The predicted molar refractivity (Wildman–Crippen MR) is 110 cm³/mol. The molecule has 0 radical (unpaired) electrons. The molecule has 29 heavy (non-hydrogen) atoms. The number of benzene rings is 1. The molecule has 8 nitrogen and oxygen atoms in total. The zero-order chi connectivity index (χ0) is 20.1. The maximum absolute atomic E-state index is 12.5. The number of rotatable bonds is 4. The van der Waals surface area contributed by atoms with Crippen LogP contribution >= 0.6 is 23.1 Å². The van der Waals surface area contributed by atoms with Gasteiger partial charge in [0.25, 0.3) is 10.8 Å². The molecular weight excluding hydrogens is 412 g/mol. The molecule has 0 spiro atoms. The summed E-state index contributed by atoms with van der Waals surface area (Å²) in [6, 6.07) is 5.46. The van der Waals surface area contributed by atoms with E-state index in [9.17, 15) is 4.79 Å². The van der Waals surface area contributed by atoms with Gasteiger partial charge in [0.05, 0.1) is 10.6 Å². The third-order valence-electron chi connectivity index (χ3n) is 4.75. The molecular formula is C19H16N4O4S2. The van der Waals surface area contributed by atoms with Crippen molar-refractivity contribution in [3.05, 3.63) is 44.8 Å². The predicted octanol–water partition coefficient (Wildman–Crippen LogP) is 4.23. The van der Waals surface area contributed by atoms with Crippen LogP contribution < -0.4 is 15.0 Å². The van der Waals surface area contributed by atoms with E-state index in [1.807, 2.05) is 39.0 Å². The molecule has 5 rings (SSSR count). The number of hydrogen-bond donors (Lipinski definition) is 1. The van der Waals surface area contributed by atoms with Gasteiger partial charge in [-0.15, -0.1) is 21.5 Å². The van der Waals surface area contributed by atoms with E-state index in [-0.39, 0.29) is 17.6 Å². The van der Waals surface area contributed by atoms with Gasteiger partial charge in [-0.1, -0.05) is 11.8 Å². The van der Waals surface area contributed by atoms with E-state index in [0.717, 1.165) is 20.8 Å². The van der Waals surface area contributed by atoms with Crippen LogP contribution in [0, 0.1) is 13.8 Å². The Morgan fingerprint density at radius 3 is 2.90 bits per heavy atom. The molecule has 0 fully saturated rings. The summed E-state index contributed by atoms with van der Waals surface area (Å²) in [6.07, 6.45) is 0. The first-order valence-corrected chi connectivity index (χ1v) is 10.6. The van der Waals surface area contributed by atoms with E-state index in [2.05, 4.69) is 20.2 Å². The van der Waals surface area contributed by atoms with Crippen molar-refractivity contribution in [2.45, 2.75) is 31.2 Å². The van der Waals surface area contributed by atoms with Crippen molar-refractivity contribution >= 4 is 33.3 Å². The molecule has 1 N–H and O–H groups in total. The van der Waals surface area contributed by atoms with Gasteiger partial charge in [-0.25, -0.2) is 4.98 Å². The number of thioether (sulfide) groups is 1. The molecule has 1 aliphatic rings. The van der Waals surface area contributed by atoms with Gasteiger partial charge in [-0.3, -0.25) is 4.79 Å². The van der Waals surface area contributed by atoms with E-state index in [1.54, 1.807) is 0 Å². The molecule has 0 saturated heterocycles.